The van der Waals surface area contributed by atoms with Gasteiger partial charge in [0.15, 0.2) is 0 Å². The van der Waals surface area contributed by atoms with Crippen LogP contribution in [0.2, 0.25) is 0 Å². The van der Waals surface area contributed by atoms with Gasteiger partial charge in [-0.15, -0.1) is 0 Å². The molecule has 2 heteroatoms. The largest absolute Gasteiger partial charge is 0.508 e. The summed E-state index contributed by atoms with van der Waals surface area (Å²) in [6.45, 7) is 12.2. The van der Waals surface area contributed by atoms with E-state index in [0.717, 1.165) is 5.57 Å². The number of hydrogen-bond acceptors (Lipinski definition) is 2. The third-order valence-corrected chi connectivity index (χ3v) is 3.48. The lowest BCUT2D eigenvalue weighted by molar-refractivity contribution is -0.0192. The summed E-state index contributed by atoms with van der Waals surface area (Å²) in [6.07, 6.45) is 3.86. The molecular formula is C14H24O2. The first-order valence-corrected chi connectivity index (χ1v) is 5.82. The predicted octanol–water partition coefficient (Wildman–Crippen LogP) is 3.58. The maximum absolute atomic E-state index is 10.6. The van der Waals surface area contributed by atoms with E-state index in [0.29, 0.717) is 12.2 Å². The second kappa shape index (κ2) is 3.63. The van der Waals surface area contributed by atoms with E-state index >= 15 is 0 Å². The second-order valence-corrected chi connectivity index (χ2v) is 6.80. The van der Waals surface area contributed by atoms with Crippen molar-refractivity contribution in [3.05, 3.63) is 23.5 Å². The Morgan fingerprint density at radius 3 is 2.00 bits per heavy atom. The van der Waals surface area contributed by atoms with Crippen molar-refractivity contribution in [2.45, 2.75) is 53.6 Å². The molecule has 0 amide bonds. The first-order valence-electron chi connectivity index (χ1n) is 5.82. The van der Waals surface area contributed by atoms with Gasteiger partial charge in [-0.3, -0.25) is 0 Å². The average molecular weight is 224 g/mol. The van der Waals surface area contributed by atoms with E-state index in [1.54, 1.807) is 12.2 Å². The van der Waals surface area contributed by atoms with Crippen LogP contribution in [-0.4, -0.2) is 15.8 Å². The summed E-state index contributed by atoms with van der Waals surface area (Å²) >= 11 is 0. The SMILES string of the molecule is CC(C)(C)C1=C(O)C=CC(O)(C(C)(C)C)C1. The Bertz CT molecular complexity index is 337. The molecule has 0 aliphatic heterocycles. The molecule has 0 saturated carbocycles. The summed E-state index contributed by atoms with van der Waals surface area (Å²) in [5.74, 6) is 0.307. The molecule has 0 saturated heterocycles. The van der Waals surface area contributed by atoms with Gasteiger partial charge in [0.05, 0.1) is 5.60 Å². The van der Waals surface area contributed by atoms with Crippen LogP contribution in [0.25, 0.3) is 0 Å². The van der Waals surface area contributed by atoms with E-state index in [1.165, 1.54) is 0 Å². The van der Waals surface area contributed by atoms with E-state index in [4.69, 9.17) is 0 Å². The van der Waals surface area contributed by atoms with E-state index < -0.39 is 5.60 Å². The van der Waals surface area contributed by atoms with Gasteiger partial charge < -0.3 is 10.2 Å². The van der Waals surface area contributed by atoms with Crippen LogP contribution in [0.15, 0.2) is 23.5 Å². The maximum Gasteiger partial charge on any atom is 0.115 e. The fourth-order valence-electron chi connectivity index (χ4n) is 1.90. The molecule has 1 aliphatic carbocycles. The minimum Gasteiger partial charge on any atom is -0.508 e. The molecule has 1 atom stereocenters. The van der Waals surface area contributed by atoms with Crippen LogP contribution in [0.5, 0.6) is 0 Å². The summed E-state index contributed by atoms with van der Waals surface area (Å²) in [6, 6.07) is 0. The molecule has 0 aromatic rings. The van der Waals surface area contributed by atoms with Gasteiger partial charge in [0.1, 0.15) is 5.76 Å². The Morgan fingerprint density at radius 2 is 1.62 bits per heavy atom. The predicted molar refractivity (Wildman–Crippen MR) is 67.3 cm³/mol. The first-order chi connectivity index (χ1) is 6.97. The molecule has 0 bridgehead atoms. The Balaban J connectivity index is 3.13. The van der Waals surface area contributed by atoms with Crippen molar-refractivity contribution < 1.29 is 10.2 Å². The number of aliphatic hydroxyl groups is 2. The van der Waals surface area contributed by atoms with Crippen molar-refractivity contribution >= 4 is 0 Å². The average Bonchev–Trinajstić information content (AvgIpc) is 2.05. The van der Waals surface area contributed by atoms with E-state index in [2.05, 4.69) is 20.8 Å². The third kappa shape index (κ3) is 2.32. The van der Waals surface area contributed by atoms with Crippen molar-refractivity contribution in [1.82, 2.24) is 0 Å². The molecule has 2 N–H and O–H groups in total. The highest BCUT2D eigenvalue weighted by Gasteiger charge is 2.42. The quantitative estimate of drug-likeness (QED) is 0.660. The maximum atomic E-state index is 10.6. The second-order valence-electron chi connectivity index (χ2n) is 6.80. The van der Waals surface area contributed by atoms with Crippen LogP contribution in [0, 0.1) is 10.8 Å². The number of rotatable bonds is 0. The molecule has 92 valence electrons. The van der Waals surface area contributed by atoms with E-state index in [-0.39, 0.29) is 10.8 Å². The number of hydrogen-bond donors (Lipinski definition) is 2. The standard InChI is InChI=1S/C14H24O2/c1-12(2,3)10-9-14(16,13(4,5)6)8-7-11(10)15/h7-8,15-16H,9H2,1-6H3. The molecule has 0 spiro atoms. The van der Waals surface area contributed by atoms with Crippen molar-refractivity contribution in [2.75, 3.05) is 0 Å². The normalized spacial score (nSPS) is 27.4. The fourth-order valence-corrected chi connectivity index (χ4v) is 1.90. The molecule has 1 unspecified atom stereocenters. The molecule has 0 aromatic carbocycles. The molecule has 16 heavy (non-hydrogen) atoms. The van der Waals surface area contributed by atoms with Gasteiger partial charge in [0.25, 0.3) is 0 Å². The third-order valence-electron chi connectivity index (χ3n) is 3.48. The van der Waals surface area contributed by atoms with E-state index in [1.807, 2.05) is 20.8 Å². The minimum absolute atomic E-state index is 0.117. The lowest BCUT2D eigenvalue weighted by Crippen LogP contribution is -2.43. The van der Waals surface area contributed by atoms with Crippen LogP contribution in [-0.2, 0) is 0 Å². The Kier molecular flexibility index (Phi) is 3.01. The molecular weight excluding hydrogens is 200 g/mol. The Hall–Kier alpha value is -0.760. The smallest absolute Gasteiger partial charge is 0.115 e. The summed E-state index contributed by atoms with van der Waals surface area (Å²) in [5, 5.41) is 20.5. The van der Waals surface area contributed by atoms with Crippen LogP contribution in [0.4, 0.5) is 0 Å². The van der Waals surface area contributed by atoms with Crippen molar-refractivity contribution in [2.24, 2.45) is 10.8 Å². The zero-order valence-corrected chi connectivity index (χ0v) is 11.3. The van der Waals surface area contributed by atoms with Gasteiger partial charge >= 0.3 is 0 Å². The molecule has 0 heterocycles. The van der Waals surface area contributed by atoms with Crippen molar-refractivity contribution in [3.63, 3.8) is 0 Å². The highest BCUT2D eigenvalue weighted by atomic mass is 16.3. The molecule has 0 radical (unpaired) electrons. The topological polar surface area (TPSA) is 40.5 Å². The minimum atomic E-state index is -0.873. The summed E-state index contributed by atoms with van der Waals surface area (Å²) < 4.78 is 0. The molecule has 1 aliphatic rings. The van der Waals surface area contributed by atoms with Gasteiger partial charge in [-0.2, -0.15) is 0 Å². The van der Waals surface area contributed by atoms with Crippen molar-refractivity contribution in [3.8, 4) is 0 Å². The van der Waals surface area contributed by atoms with Gasteiger partial charge in [-0.25, -0.2) is 0 Å². The summed E-state index contributed by atoms with van der Waals surface area (Å²) in [4.78, 5) is 0. The Morgan fingerprint density at radius 1 is 1.12 bits per heavy atom. The van der Waals surface area contributed by atoms with Gasteiger partial charge in [-0.1, -0.05) is 41.5 Å². The zero-order chi connectivity index (χ0) is 12.8. The summed E-state index contributed by atoms with van der Waals surface area (Å²) in [5.41, 5.74) is -0.302. The Labute approximate surface area is 98.7 Å². The van der Waals surface area contributed by atoms with Crippen LogP contribution >= 0.6 is 0 Å². The van der Waals surface area contributed by atoms with Gasteiger partial charge in [0, 0.05) is 6.42 Å². The molecule has 0 fully saturated rings. The summed E-state index contributed by atoms with van der Waals surface area (Å²) in [7, 11) is 0. The molecule has 2 nitrogen and oxygen atoms in total. The highest BCUT2D eigenvalue weighted by Crippen LogP contribution is 2.44. The lowest BCUT2D eigenvalue weighted by Gasteiger charge is -2.42. The molecule has 1 rings (SSSR count). The first kappa shape index (κ1) is 13.3. The zero-order valence-electron chi connectivity index (χ0n) is 11.3. The van der Waals surface area contributed by atoms with Gasteiger partial charge in [0.2, 0.25) is 0 Å². The highest BCUT2D eigenvalue weighted by molar-refractivity contribution is 5.34. The van der Waals surface area contributed by atoms with E-state index in [9.17, 15) is 10.2 Å². The van der Waals surface area contributed by atoms with Gasteiger partial charge in [-0.05, 0) is 28.6 Å². The fraction of sp³-hybridized carbons (Fsp3) is 0.714. The van der Waals surface area contributed by atoms with Crippen LogP contribution in [0.1, 0.15) is 48.0 Å². The number of allylic oxidation sites excluding steroid dienone is 1. The lowest BCUT2D eigenvalue weighted by atomic mass is 9.67. The number of aliphatic hydroxyl groups excluding tert-OH is 1. The van der Waals surface area contributed by atoms with Crippen molar-refractivity contribution in [1.29, 1.82) is 0 Å². The molecule has 0 aromatic heterocycles. The monoisotopic (exact) mass is 224 g/mol. The van der Waals surface area contributed by atoms with Crippen LogP contribution < -0.4 is 0 Å². The van der Waals surface area contributed by atoms with Crippen LogP contribution in [0.3, 0.4) is 0 Å².